The fourth-order valence-electron chi connectivity index (χ4n) is 11.0. The van der Waals surface area contributed by atoms with Crippen LogP contribution in [0.25, 0.3) is 0 Å². The zero-order valence-electron chi connectivity index (χ0n) is 61.0. The van der Waals surface area contributed by atoms with Crippen LogP contribution in [0.3, 0.4) is 0 Å². The highest BCUT2D eigenvalue weighted by molar-refractivity contribution is 5.99. The first-order valence-corrected chi connectivity index (χ1v) is 32.9. The summed E-state index contributed by atoms with van der Waals surface area (Å²) < 4.78 is 4.61. The fourth-order valence-corrected chi connectivity index (χ4v) is 11.0. The van der Waals surface area contributed by atoms with Gasteiger partial charge in [-0.3, -0.25) is 57.5 Å². The van der Waals surface area contributed by atoms with Crippen LogP contribution >= 0.6 is 0 Å². The molecule has 0 radical (unpaired) electrons. The number of esters is 1. The van der Waals surface area contributed by atoms with Crippen molar-refractivity contribution in [3.05, 3.63) is 12.2 Å². The Kier molecular flexibility index (Phi) is 36.9. The molecule has 11 amide bonds. The molecular weight excluding hydrogens is 1180 g/mol. The van der Waals surface area contributed by atoms with Crippen molar-refractivity contribution in [2.75, 3.05) is 55.9 Å². The molecule has 25 nitrogen and oxygen atoms in total. The molecule has 92 heavy (non-hydrogen) atoms. The van der Waals surface area contributed by atoms with Crippen molar-refractivity contribution >= 4 is 70.9 Å². The second-order valence-electron chi connectivity index (χ2n) is 27.8. The van der Waals surface area contributed by atoms with Gasteiger partial charge in [0, 0.05) is 56.3 Å². The van der Waals surface area contributed by atoms with Crippen molar-refractivity contribution in [3.63, 3.8) is 0 Å². The van der Waals surface area contributed by atoms with Crippen molar-refractivity contribution in [1.29, 1.82) is 0 Å². The van der Waals surface area contributed by atoms with Crippen molar-refractivity contribution in [2.24, 2.45) is 41.4 Å². The zero-order valence-corrected chi connectivity index (χ0v) is 61.0. The molecule has 1 saturated heterocycles. The molecule has 1 heterocycles. The van der Waals surface area contributed by atoms with Gasteiger partial charge in [-0.2, -0.15) is 0 Å². The van der Waals surface area contributed by atoms with Gasteiger partial charge in [0.15, 0.2) is 0 Å². The summed E-state index contributed by atoms with van der Waals surface area (Å²) in [7, 11) is 9.92. The highest BCUT2D eigenvalue weighted by atomic mass is 16.5. The third-order valence-electron chi connectivity index (χ3n) is 16.5. The highest BCUT2D eigenvalue weighted by Gasteiger charge is 2.46. The van der Waals surface area contributed by atoms with Gasteiger partial charge < -0.3 is 65.4 Å². The second-order valence-corrected chi connectivity index (χ2v) is 27.8. The topological polar surface area (TPSA) is 305 Å². The van der Waals surface area contributed by atoms with E-state index in [-0.39, 0.29) is 67.8 Å². The van der Waals surface area contributed by atoms with Crippen LogP contribution in [-0.2, 0) is 62.3 Å². The highest BCUT2D eigenvalue weighted by Crippen LogP contribution is 2.26. The van der Waals surface area contributed by atoms with Gasteiger partial charge in [0.25, 0.3) is 0 Å². The number of hydrogen-bond donors (Lipinski definition) is 5. The minimum Gasteiger partial charge on any atom is -0.463 e. The average Bonchev–Trinajstić information content (AvgIpc) is 0.845. The number of rotatable bonds is 16. The van der Waals surface area contributed by atoms with Gasteiger partial charge in [0.2, 0.25) is 65.0 Å². The number of aliphatic hydroxyl groups excluding tert-OH is 1. The molecule has 1 aliphatic heterocycles. The summed E-state index contributed by atoms with van der Waals surface area (Å²) >= 11 is 0. The molecule has 0 aromatic rings. The smallest absolute Gasteiger partial charge is 0.302 e. The Hall–Kier alpha value is -6.66. The van der Waals surface area contributed by atoms with E-state index in [0.717, 1.165) is 9.80 Å². The third kappa shape index (κ3) is 26.0. The van der Waals surface area contributed by atoms with Gasteiger partial charge in [-0.15, -0.1) is 0 Å². The summed E-state index contributed by atoms with van der Waals surface area (Å²) in [5.41, 5.74) is 0. The molecule has 1 aliphatic rings. The van der Waals surface area contributed by atoms with Crippen LogP contribution in [0.2, 0.25) is 0 Å². The lowest BCUT2D eigenvalue weighted by Gasteiger charge is -2.41. The molecule has 0 aromatic heterocycles. The fraction of sp³-hybridized carbons (Fsp3) is 0.791. The number of nitrogens with one attached hydrogen (secondary N) is 4. The normalized spacial score (nSPS) is 25.6. The lowest BCUT2D eigenvalue weighted by Crippen LogP contribution is -2.63. The van der Waals surface area contributed by atoms with Crippen LogP contribution in [0.5, 0.6) is 0 Å². The number of likely N-dealkylation sites (N-methyl/N-ethyl adjacent to an activating group) is 7. The number of carbonyl (C=O) groups excluding carboxylic acids is 12. The number of nitrogens with zero attached hydrogens (tertiary/aromatic N) is 7. The van der Waals surface area contributed by atoms with Crippen molar-refractivity contribution in [2.45, 2.75) is 250 Å². The summed E-state index contributed by atoms with van der Waals surface area (Å²) in [5, 5.41) is 23.1. The maximum Gasteiger partial charge on any atom is 0.302 e. The summed E-state index contributed by atoms with van der Waals surface area (Å²) in [6.07, 6.45) is 3.07. The maximum atomic E-state index is 15.1. The van der Waals surface area contributed by atoms with E-state index < -0.39 is 156 Å². The lowest BCUT2D eigenvalue weighted by molar-refractivity contribution is -0.157. The molecule has 25 heteroatoms. The van der Waals surface area contributed by atoms with E-state index in [4.69, 9.17) is 0 Å². The van der Waals surface area contributed by atoms with E-state index >= 15 is 9.59 Å². The van der Waals surface area contributed by atoms with Crippen LogP contribution in [0.1, 0.15) is 177 Å². The Morgan fingerprint density at radius 3 is 1.33 bits per heavy atom. The van der Waals surface area contributed by atoms with E-state index in [0.29, 0.717) is 6.42 Å². The largest absolute Gasteiger partial charge is 0.463 e. The SMILES string of the molecule is C/C=C/C[C@@H](C)[C@@H](O)[C@H]1C(=O)N[C@@H](CC)C(=O)N(C)CC(=O)N(C)[C@@H](CC(C)C)C(=O)N[C@@H](C(C)C)C(=O)N(C)[C@@H](CC(C)C)C(=O)N[C@@H](C)C(=O)N[C@H](C)C(=O)N(C)[C@@H](CC(C)C)C(=O)N(C)[C@@H](CC(C)C)C(=O)N(C)[C@@H](C(C)C)C(=O)N1C.CC(=O)OC(C)C. The Labute approximate surface area is 551 Å². The Balaban J connectivity index is 0.0000111. The zero-order chi connectivity index (χ0) is 71.8. The molecule has 0 unspecified atom stereocenters. The summed E-state index contributed by atoms with van der Waals surface area (Å²) in [6.45, 7) is 34.4. The van der Waals surface area contributed by atoms with E-state index in [1.165, 1.54) is 94.6 Å². The van der Waals surface area contributed by atoms with E-state index in [1.807, 2.05) is 75.3 Å². The Morgan fingerprint density at radius 1 is 0.500 bits per heavy atom. The van der Waals surface area contributed by atoms with Crippen molar-refractivity contribution < 1.29 is 67.4 Å². The number of aliphatic hydroxyl groups is 1. The van der Waals surface area contributed by atoms with Crippen molar-refractivity contribution in [1.82, 2.24) is 55.6 Å². The Morgan fingerprint density at radius 2 is 0.913 bits per heavy atom. The lowest BCUT2D eigenvalue weighted by atomic mass is 9.91. The molecule has 528 valence electrons. The van der Waals surface area contributed by atoms with Crippen LogP contribution in [0, 0.1) is 41.4 Å². The molecule has 0 spiro atoms. The first-order valence-electron chi connectivity index (χ1n) is 32.9. The first-order chi connectivity index (χ1) is 42.3. The molecule has 0 aliphatic carbocycles. The van der Waals surface area contributed by atoms with Gasteiger partial charge in [0.05, 0.1) is 18.8 Å². The number of carbonyl (C=O) groups is 12. The predicted molar refractivity (Wildman–Crippen MR) is 355 cm³/mol. The van der Waals surface area contributed by atoms with Gasteiger partial charge in [-0.1, -0.05) is 109 Å². The molecular formula is C67H121N11O14. The molecule has 0 saturated carbocycles. The van der Waals surface area contributed by atoms with E-state index in [2.05, 4.69) is 26.0 Å². The molecule has 1 fully saturated rings. The summed E-state index contributed by atoms with van der Waals surface area (Å²) in [4.78, 5) is 179. The molecule has 5 N–H and O–H groups in total. The number of ether oxygens (including phenoxy) is 1. The molecule has 12 atom stereocenters. The summed E-state index contributed by atoms with van der Waals surface area (Å²) in [5.74, 6) is -9.92. The molecule has 0 bridgehead atoms. The number of amides is 11. The maximum absolute atomic E-state index is 15.1. The van der Waals surface area contributed by atoms with Gasteiger partial charge in [-0.05, 0) is 115 Å². The molecule has 0 aromatic carbocycles. The van der Waals surface area contributed by atoms with Gasteiger partial charge in [-0.25, -0.2) is 0 Å². The van der Waals surface area contributed by atoms with Gasteiger partial charge >= 0.3 is 5.97 Å². The van der Waals surface area contributed by atoms with Gasteiger partial charge in [0.1, 0.15) is 60.4 Å². The average molecular weight is 1300 g/mol. The predicted octanol–water partition coefficient (Wildman–Crippen LogP) is 4.23. The third-order valence-corrected chi connectivity index (χ3v) is 16.5. The first kappa shape index (κ1) is 85.3. The molecule has 1 rings (SSSR count). The quantitative estimate of drug-likeness (QED) is 0.107. The van der Waals surface area contributed by atoms with Crippen LogP contribution < -0.4 is 21.3 Å². The van der Waals surface area contributed by atoms with Crippen LogP contribution in [0.4, 0.5) is 0 Å². The Bertz CT molecular complexity index is 2500. The van der Waals surface area contributed by atoms with Crippen LogP contribution in [0.15, 0.2) is 12.2 Å². The number of allylic oxidation sites excluding steroid dienone is 2. The van der Waals surface area contributed by atoms with E-state index in [9.17, 15) is 53.1 Å². The minimum atomic E-state index is -1.61. The van der Waals surface area contributed by atoms with E-state index in [1.54, 1.807) is 54.5 Å². The van der Waals surface area contributed by atoms with Crippen molar-refractivity contribution in [3.8, 4) is 0 Å². The number of hydrogen-bond acceptors (Lipinski definition) is 14. The monoisotopic (exact) mass is 1300 g/mol. The standard InChI is InChI=1S/C62H111N11O12.C5H10O2/c1-25-27-28-40(15)52(75)51-56(79)65-43(26-2)58(81)67(18)33-48(74)68(19)44(29-34(3)4)55(78)66-49(38(11)12)61(84)69(20)45(30-35(5)6)54(77)63-41(16)53(76)64-42(17)57(80)70(21)46(31-36(7)8)59(82)71(22)47(32-37(9)10)60(83)72(23)50(39(13)14)62(85)73(51)24;1-4(2)7-5(3)6/h25,27,34-47,49-52,75H,26,28-33H2,1-24H3,(H,63,77)(H,64,76)(H,65,79)(H,66,78);4H,1-3H3/b27-25+;/t40-,41+,42-,43+,44+,45+,46+,47+,49+,50+,51+,52-;/m1./s1. The van der Waals surface area contributed by atoms with Crippen LogP contribution in [-0.4, -0.2) is 239 Å². The minimum absolute atomic E-state index is 0.0229. The summed E-state index contributed by atoms with van der Waals surface area (Å²) in [6, 6.07) is -12.3. The second kappa shape index (κ2) is 39.8.